The summed E-state index contributed by atoms with van der Waals surface area (Å²) in [5, 5.41) is 0. The molecular weight excluding hydrogens is 382 g/mol. The first-order chi connectivity index (χ1) is 14.2. The maximum Gasteiger partial charge on any atom is 0.414 e. The molecular formula is C23H34N3O4+. The molecule has 3 bridgehead atoms. The quantitative estimate of drug-likeness (QED) is 0.404. The van der Waals surface area contributed by atoms with Gasteiger partial charge in [-0.25, -0.2) is 4.79 Å². The predicted molar refractivity (Wildman–Crippen MR) is 111 cm³/mol. The minimum absolute atomic E-state index is 0.0301. The summed E-state index contributed by atoms with van der Waals surface area (Å²) < 4.78 is 11.7. The lowest BCUT2D eigenvalue weighted by Crippen LogP contribution is -2.44. The second kappa shape index (κ2) is 8.17. The molecule has 30 heavy (non-hydrogen) atoms. The smallest absolute Gasteiger partial charge is 0.414 e. The Morgan fingerprint density at radius 2 is 1.80 bits per heavy atom. The van der Waals surface area contributed by atoms with Crippen LogP contribution in [0, 0.1) is 29.6 Å². The lowest BCUT2D eigenvalue weighted by molar-refractivity contribution is -0.920. The van der Waals surface area contributed by atoms with Gasteiger partial charge >= 0.3 is 12.1 Å². The van der Waals surface area contributed by atoms with E-state index in [0.717, 1.165) is 24.2 Å². The van der Waals surface area contributed by atoms with Crippen LogP contribution in [-0.2, 0) is 16.1 Å². The monoisotopic (exact) mass is 416 g/mol. The molecule has 0 saturated heterocycles. The van der Waals surface area contributed by atoms with Crippen LogP contribution >= 0.6 is 0 Å². The summed E-state index contributed by atoms with van der Waals surface area (Å²) in [6.07, 6.45) is 7.39. The van der Waals surface area contributed by atoms with Gasteiger partial charge < -0.3 is 14.4 Å². The summed E-state index contributed by atoms with van der Waals surface area (Å²) in [4.78, 5) is 30.6. The van der Waals surface area contributed by atoms with Crippen LogP contribution in [0.5, 0.6) is 5.75 Å². The zero-order valence-corrected chi connectivity index (χ0v) is 18.5. The zero-order chi connectivity index (χ0) is 21.5. The number of aromatic nitrogens is 1. The van der Waals surface area contributed by atoms with Crippen molar-refractivity contribution in [3.8, 4) is 5.75 Å². The van der Waals surface area contributed by atoms with Gasteiger partial charge in [-0.2, -0.15) is 0 Å². The summed E-state index contributed by atoms with van der Waals surface area (Å²) >= 11 is 0. The van der Waals surface area contributed by atoms with E-state index in [2.05, 4.69) is 4.98 Å². The summed E-state index contributed by atoms with van der Waals surface area (Å²) in [5.74, 6) is 3.43. The number of carbonyl (C=O) groups is 2. The maximum absolute atomic E-state index is 12.9. The van der Waals surface area contributed by atoms with Crippen molar-refractivity contribution >= 4 is 12.1 Å². The molecule has 0 radical (unpaired) electrons. The van der Waals surface area contributed by atoms with Crippen LogP contribution in [0.25, 0.3) is 0 Å². The fourth-order valence-electron chi connectivity index (χ4n) is 5.77. The molecule has 4 rings (SSSR count). The SMILES string of the molecule is CN(C)C(=O)Oc1cccnc1C[N+](C)(C)COC(=O)[C@@H]1C[C@H]2C[C@H]3C[C@H]2C[C@H]1C3. The van der Waals surface area contributed by atoms with E-state index in [9.17, 15) is 9.59 Å². The number of quaternary nitrogens is 1. The minimum Gasteiger partial charge on any atom is -0.415 e. The van der Waals surface area contributed by atoms with E-state index in [4.69, 9.17) is 9.47 Å². The highest BCUT2D eigenvalue weighted by atomic mass is 16.6. The molecule has 1 heterocycles. The third-order valence-corrected chi connectivity index (χ3v) is 7.15. The van der Waals surface area contributed by atoms with E-state index in [1.165, 1.54) is 30.6 Å². The van der Waals surface area contributed by atoms with Gasteiger partial charge in [-0.1, -0.05) is 0 Å². The van der Waals surface area contributed by atoms with E-state index in [-0.39, 0.29) is 18.6 Å². The Bertz CT molecular complexity index is 807. The van der Waals surface area contributed by atoms with Crippen LogP contribution in [0.1, 0.15) is 37.8 Å². The van der Waals surface area contributed by atoms with Crippen LogP contribution < -0.4 is 4.74 Å². The fourth-order valence-corrected chi connectivity index (χ4v) is 5.77. The highest BCUT2D eigenvalue weighted by Gasteiger charge is 2.50. The van der Waals surface area contributed by atoms with E-state index >= 15 is 0 Å². The Labute approximate surface area is 178 Å². The number of esters is 1. The summed E-state index contributed by atoms with van der Waals surface area (Å²) in [7, 11) is 7.27. The van der Waals surface area contributed by atoms with Crippen molar-refractivity contribution in [2.75, 3.05) is 34.9 Å². The predicted octanol–water partition coefficient (Wildman–Crippen LogP) is 3.29. The molecule has 0 spiro atoms. The average Bonchev–Trinajstić information content (AvgIpc) is 2.89. The molecule has 3 aliphatic rings. The molecule has 3 saturated carbocycles. The van der Waals surface area contributed by atoms with Gasteiger partial charge in [0, 0.05) is 20.3 Å². The number of amides is 1. The molecule has 1 aromatic heterocycles. The van der Waals surface area contributed by atoms with Crippen LogP contribution in [0.4, 0.5) is 4.79 Å². The van der Waals surface area contributed by atoms with Crippen LogP contribution in [0.3, 0.4) is 0 Å². The lowest BCUT2D eigenvalue weighted by Gasteiger charge is -2.39. The normalized spacial score (nSPS) is 29.5. The van der Waals surface area contributed by atoms with Crippen molar-refractivity contribution in [2.24, 2.45) is 29.6 Å². The van der Waals surface area contributed by atoms with Crippen LogP contribution in [0.2, 0.25) is 0 Å². The molecule has 1 aromatic rings. The van der Waals surface area contributed by atoms with Crippen molar-refractivity contribution in [3.63, 3.8) is 0 Å². The molecule has 1 amide bonds. The van der Waals surface area contributed by atoms with Gasteiger partial charge in [0.15, 0.2) is 5.75 Å². The largest absolute Gasteiger partial charge is 0.415 e. The van der Waals surface area contributed by atoms with Crippen molar-refractivity contribution in [1.29, 1.82) is 0 Å². The average molecular weight is 417 g/mol. The number of nitrogens with zero attached hydrogens (tertiary/aromatic N) is 3. The number of ether oxygens (including phenoxy) is 2. The number of hydrogen-bond acceptors (Lipinski definition) is 5. The summed E-state index contributed by atoms with van der Waals surface area (Å²) in [6.45, 7) is 0.766. The second-order valence-electron chi connectivity index (χ2n) is 10.3. The van der Waals surface area contributed by atoms with E-state index in [0.29, 0.717) is 28.4 Å². The molecule has 5 atom stereocenters. The molecule has 0 aliphatic heterocycles. The lowest BCUT2D eigenvalue weighted by atomic mass is 9.67. The molecule has 7 heteroatoms. The van der Waals surface area contributed by atoms with Crippen LogP contribution in [0.15, 0.2) is 18.3 Å². The van der Waals surface area contributed by atoms with Crippen molar-refractivity contribution in [2.45, 2.75) is 38.6 Å². The zero-order valence-electron chi connectivity index (χ0n) is 18.5. The molecule has 7 nitrogen and oxygen atoms in total. The maximum atomic E-state index is 12.9. The first-order valence-corrected chi connectivity index (χ1v) is 11.0. The van der Waals surface area contributed by atoms with Crippen molar-refractivity contribution < 1.29 is 23.5 Å². The Hall–Kier alpha value is -2.15. The Morgan fingerprint density at radius 1 is 1.10 bits per heavy atom. The summed E-state index contributed by atoms with van der Waals surface area (Å²) in [5.41, 5.74) is 0.669. The highest BCUT2D eigenvalue weighted by Crippen LogP contribution is 2.57. The van der Waals surface area contributed by atoms with Crippen molar-refractivity contribution in [1.82, 2.24) is 9.88 Å². The van der Waals surface area contributed by atoms with Crippen molar-refractivity contribution in [3.05, 3.63) is 24.0 Å². The standard InChI is InChI=1S/C23H34N3O4/c1-25(2)23(28)30-21-6-5-7-24-20(21)13-26(3,4)14-29-22(27)19-12-17-9-15-8-16(17)11-18(19)10-15/h5-7,15-19H,8-14H2,1-4H3/q+1/t15-,16+,17-,18-,19-/m1/s1. The van der Waals surface area contributed by atoms with Gasteiger partial charge in [0.2, 0.25) is 6.73 Å². The van der Waals surface area contributed by atoms with Gasteiger partial charge in [0.05, 0.1) is 20.0 Å². The second-order valence-corrected chi connectivity index (χ2v) is 10.3. The number of fused-ring (bicyclic) bond motifs is 2. The third-order valence-electron chi connectivity index (χ3n) is 7.15. The molecule has 164 valence electrons. The first-order valence-electron chi connectivity index (χ1n) is 11.0. The van der Waals surface area contributed by atoms with E-state index in [1.807, 2.05) is 14.1 Å². The third kappa shape index (κ3) is 4.46. The van der Waals surface area contributed by atoms with Gasteiger partial charge in [-0.05, 0) is 67.9 Å². The molecule has 3 aliphatic carbocycles. The fraction of sp³-hybridized carbons (Fsp3) is 0.696. The Balaban J connectivity index is 1.35. The van der Waals surface area contributed by atoms with Crippen LogP contribution in [-0.4, -0.2) is 61.4 Å². The van der Waals surface area contributed by atoms with E-state index in [1.54, 1.807) is 32.4 Å². The Morgan fingerprint density at radius 3 is 2.53 bits per heavy atom. The van der Waals surface area contributed by atoms with Gasteiger partial charge in [0.25, 0.3) is 0 Å². The van der Waals surface area contributed by atoms with Gasteiger partial charge in [0.1, 0.15) is 12.2 Å². The van der Waals surface area contributed by atoms with E-state index < -0.39 is 6.09 Å². The number of rotatable bonds is 6. The molecule has 0 unspecified atom stereocenters. The molecule has 3 fully saturated rings. The molecule has 0 N–H and O–H groups in total. The number of pyridine rings is 1. The highest BCUT2D eigenvalue weighted by molar-refractivity contribution is 5.73. The van der Waals surface area contributed by atoms with Gasteiger partial charge in [-0.3, -0.25) is 14.3 Å². The first kappa shape index (κ1) is 21.1. The Kier molecular flexibility index (Phi) is 5.75. The number of hydrogen-bond donors (Lipinski definition) is 0. The van der Waals surface area contributed by atoms with Gasteiger partial charge in [-0.15, -0.1) is 0 Å². The molecule has 0 aromatic carbocycles. The minimum atomic E-state index is -0.442. The summed E-state index contributed by atoms with van der Waals surface area (Å²) in [6, 6.07) is 3.48. The number of carbonyl (C=O) groups excluding carboxylic acids is 2. The topological polar surface area (TPSA) is 68.7 Å².